The molecule has 1 N–H and O–H groups in total. The van der Waals surface area contributed by atoms with E-state index < -0.39 is 6.09 Å². The van der Waals surface area contributed by atoms with Gasteiger partial charge in [-0.05, 0) is 43.9 Å². The van der Waals surface area contributed by atoms with Gasteiger partial charge in [-0.15, -0.1) is 0 Å². The van der Waals surface area contributed by atoms with Crippen LogP contribution in [0, 0.1) is 0 Å². The van der Waals surface area contributed by atoms with Crippen LogP contribution in [0.2, 0.25) is 0 Å². The average molecular weight is 327 g/mol. The average Bonchev–Trinajstić information content (AvgIpc) is 2.56. The standard InChI is InChI=1S/C19H25N3O2/c1-21(2)16-12-10-15(11-13-16)18(22(3)4)14-20-19(23)24-17-8-6-5-7-9-17/h5-13,18H,14H2,1-4H3,(H,20,23)/t18-/m0/s1. The number of rotatable bonds is 6. The van der Waals surface area contributed by atoms with Crippen molar-refractivity contribution in [3.05, 3.63) is 60.2 Å². The van der Waals surface area contributed by atoms with Gasteiger partial charge >= 0.3 is 6.09 Å². The molecule has 0 aliphatic carbocycles. The number of carbonyl (C=O) groups excluding carboxylic acids is 1. The number of hydrogen-bond donors (Lipinski definition) is 1. The van der Waals surface area contributed by atoms with E-state index in [1.165, 1.54) is 0 Å². The van der Waals surface area contributed by atoms with Crippen LogP contribution in [0.1, 0.15) is 11.6 Å². The van der Waals surface area contributed by atoms with E-state index in [1.807, 2.05) is 46.4 Å². The van der Waals surface area contributed by atoms with Crippen LogP contribution >= 0.6 is 0 Å². The summed E-state index contributed by atoms with van der Waals surface area (Å²) in [5, 5.41) is 2.84. The Hall–Kier alpha value is -2.53. The molecule has 2 aromatic rings. The highest BCUT2D eigenvalue weighted by Gasteiger charge is 2.16. The van der Waals surface area contributed by atoms with Crippen molar-refractivity contribution in [3.8, 4) is 5.75 Å². The first kappa shape index (κ1) is 17.8. The maximum atomic E-state index is 12.0. The molecule has 0 saturated carbocycles. The van der Waals surface area contributed by atoms with E-state index in [4.69, 9.17) is 4.74 Å². The molecule has 0 bridgehead atoms. The molecule has 2 aromatic carbocycles. The molecule has 0 aliphatic heterocycles. The summed E-state index contributed by atoms with van der Waals surface area (Å²) in [6.45, 7) is 0.472. The van der Waals surface area contributed by atoms with Gasteiger partial charge in [0.15, 0.2) is 0 Å². The quantitative estimate of drug-likeness (QED) is 0.885. The van der Waals surface area contributed by atoms with Crippen LogP contribution in [0.4, 0.5) is 10.5 Å². The molecule has 5 nitrogen and oxygen atoms in total. The molecular weight excluding hydrogens is 302 g/mol. The zero-order chi connectivity index (χ0) is 17.5. The molecular formula is C19H25N3O2. The molecule has 0 spiro atoms. The van der Waals surface area contributed by atoms with Gasteiger partial charge in [0, 0.05) is 26.3 Å². The molecule has 0 unspecified atom stereocenters. The minimum absolute atomic E-state index is 0.0736. The van der Waals surface area contributed by atoms with Crippen LogP contribution in [-0.4, -0.2) is 45.7 Å². The fourth-order valence-electron chi connectivity index (χ4n) is 2.40. The van der Waals surface area contributed by atoms with Crippen molar-refractivity contribution >= 4 is 11.8 Å². The fourth-order valence-corrected chi connectivity index (χ4v) is 2.40. The van der Waals surface area contributed by atoms with E-state index in [9.17, 15) is 4.79 Å². The molecule has 2 rings (SSSR count). The minimum Gasteiger partial charge on any atom is -0.410 e. The maximum Gasteiger partial charge on any atom is 0.412 e. The molecule has 0 heterocycles. The van der Waals surface area contributed by atoms with Crippen molar-refractivity contribution in [1.29, 1.82) is 0 Å². The van der Waals surface area contributed by atoms with E-state index >= 15 is 0 Å². The van der Waals surface area contributed by atoms with Crippen LogP contribution in [-0.2, 0) is 0 Å². The summed E-state index contributed by atoms with van der Waals surface area (Å²) in [7, 11) is 8.02. The zero-order valence-electron chi connectivity index (χ0n) is 14.7. The SMILES string of the molecule is CN(C)c1ccc([C@H](CNC(=O)Oc2ccccc2)N(C)C)cc1. The lowest BCUT2D eigenvalue weighted by molar-refractivity contribution is 0.194. The summed E-state index contributed by atoms with van der Waals surface area (Å²) in [5.74, 6) is 0.534. The number of nitrogens with zero attached hydrogens (tertiary/aromatic N) is 2. The van der Waals surface area contributed by atoms with Gasteiger partial charge in [0.05, 0.1) is 6.04 Å². The largest absolute Gasteiger partial charge is 0.412 e. The van der Waals surface area contributed by atoms with Gasteiger partial charge in [-0.1, -0.05) is 30.3 Å². The number of carbonyl (C=O) groups is 1. The Balaban J connectivity index is 1.97. The van der Waals surface area contributed by atoms with Crippen molar-refractivity contribution in [1.82, 2.24) is 10.2 Å². The van der Waals surface area contributed by atoms with Gasteiger partial charge < -0.3 is 19.9 Å². The number of ether oxygens (including phenoxy) is 1. The molecule has 1 amide bonds. The summed E-state index contributed by atoms with van der Waals surface area (Å²) in [6.07, 6.45) is -0.446. The molecule has 0 fully saturated rings. The number of anilines is 1. The molecule has 128 valence electrons. The van der Waals surface area contributed by atoms with Crippen LogP contribution in [0.3, 0.4) is 0 Å². The summed E-state index contributed by atoms with van der Waals surface area (Å²) < 4.78 is 5.26. The van der Waals surface area contributed by atoms with Crippen LogP contribution in [0.25, 0.3) is 0 Å². The Kier molecular flexibility index (Phi) is 6.21. The number of amides is 1. The first-order chi connectivity index (χ1) is 11.5. The molecule has 24 heavy (non-hydrogen) atoms. The molecule has 5 heteroatoms. The third kappa shape index (κ3) is 4.99. The van der Waals surface area contributed by atoms with E-state index in [-0.39, 0.29) is 6.04 Å². The van der Waals surface area contributed by atoms with Crippen LogP contribution in [0.5, 0.6) is 5.75 Å². The number of hydrogen-bond acceptors (Lipinski definition) is 4. The third-order valence-corrected chi connectivity index (χ3v) is 3.81. The number of benzene rings is 2. The lowest BCUT2D eigenvalue weighted by Crippen LogP contribution is -2.36. The topological polar surface area (TPSA) is 44.8 Å². The summed E-state index contributed by atoms with van der Waals surface area (Å²) in [4.78, 5) is 16.1. The van der Waals surface area contributed by atoms with E-state index in [2.05, 4.69) is 39.4 Å². The second-order valence-electron chi connectivity index (χ2n) is 6.05. The lowest BCUT2D eigenvalue weighted by Gasteiger charge is -2.25. The maximum absolute atomic E-state index is 12.0. The van der Waals surface area contributed by atoms with Gasteiger partial charge in [0.1, 0.15) is 5.75 Å². The van der Waals surface area contributed by atoms with Gasteiger partial charge in [-0.2, -0.15) is 0 Å². The van der Waals surface area contributed by atoms with Gasteiger partial charge in [0.2, 0.25) is 0 Å². The predicted molar refractivity (Wildman–Crippen MR) is 97.7 cm³/mol. The highest BCUT2D eigenvalue weighted by atomic mass is 16.6. The monoisotopic (exact) mass is 327 g/mol. The van der Waals surface area contributed by atoms with E-state index in [0.717, 1.165) is 11.3 Å². The normalized spacial score (nSPS) is 11.9. The van der Waals surface area contributed by atoms with Crippen molar-refractivity contribution in [2.24, 2.45) is 0 Å². The Morgan fingerprint density at radius 2 is 1.62 bits per heavy atom. The van der Waals surface area contributed by atoms with Gasteiger partial charge in [0.25, 0.3) is 0 Å². The van der Waals surface area contributed by atoms with Gasteiger partial charge in [-0.3, -0.25) is 0 Å². The Labute approximate surface area is 143 Å². The number of nitrogens with one attached hydrogen (secondary N) is 1. The predicted octanol–water partition coefficient (Wildman–Crippen LogP) is 3.14. The van der Waals surface area contributed by atoms with Crippen molar-refractivity contribution < 1.29 is 9.53 Å². The second-order valence-corrected chi connectivity index (χ2v) is 6.05. The Bertz CT molecular complexity index is 639. The molecule has 1 atom stereocenters. The van der Waals surface area contributed by atoms with Crippen molar-refractivity contribution in [2.45, 2.75) is 6.04 Å². The highest BCUT2D eigenvalue weighted by Crippen LogP contribution is 2.21. The molecule has 0 saturated heterocycles. The Morgan fingerprint density at radius 3 is 2.17 bits per heavy atom. The summed E-state index contributed by atoms with van der Waals surface area (Å²) >= 11 is 0. The molecule has 0 aliphatic rings. The minimum atomic E-state index is -0.446. The number of likely N-dealkylation sites (N-methyl/N-ethyl adjacent to an activating group) is 1. The fraction of sp³-hybridized carbons (Fsp3) is 0.316. The molecule has 0 radical (unpaired) electrons. The highest BCUT2D eigenvalue weighted by molar-refractivity contribution is 5.70. The lowest BCUT2D eigenvalue weighted by atomic mass is 10.1. The zero-order valence-corrected chi connectivity index (χ0v) is 14.7. The first-order valence-corrected chi connectivity index (χ1v) is 7.92. The smallest absolute Gasteiger partial charge is 0.410 e. The molecule has 0 aromatic heterocycles. The van der Waals surface area contributed by atoms with Crippen LogP contribution in [0.15, 0.2) is 54.6 Å². The number of para-hydroxylation sites is 1. The van der Waals surface area contributed by atoms with Gasteiger partial charge in [-0.25, -0.2) is 4.79 Å². The van der Waals surface area contributed by atoms with Crippen LogP contribution < -0.4 is 15.0 Å². The third-order valence-electron chi connectivity index (χ3n) is 3.81. The summed E-state index contributed by atoms with van der Waals surface area (Å²) in [5.41, 5.74) is 2.29. The summed E-state index contributed by atoms with van der Waals surface area (Å²) in [6, 6.07) is 17.5. The van der Waals surface area contributed by atoms with Crippen molar-refractivity contribution in [3.63, 3.8) is 0 Å². The van der Waals surface area contributed by atoms with E-state index in [1.54, 1.807) is 12.1 Å². The van der Waals surface area contributed by atoms with E-state index in [0.29, 0.717) is 12.3 Å². The Morgan fingerprint density at radius 1 is 1.00 bits per heavy atom. The van der Waals surface area contributed by atoms with Crippen molar-refractivity contribution in [2.75, 3.05) is 39.6 Å². The first-order valence-electron chi connectivity index (χ1n) is 7.92. The second kappa shape index (κ2) is 8.36.